The molecule has 0 saturated carbocycles. The Morgan fingerprint density at radius 3 is 2.50 bits per heavy atom. The molecule has 1 aliphatic heterocycles. The average molecular weight is 289 g/mol. The highest BCUT2D eigenvalue weighted by molar-refractivity contribution is 7.89. The fraction of sp³-hybridized carbons (Fsp3) is 0.500. The average Bonchev–Trinajstić information content (AvgIpc) is 2.29. The van der Waals surface area contributed by atoms with Crippen molar-refractivity contribution < 1.29 is 8.42 Å². The van der Waals surface area contributed by atoms with E-state index in [9.17, 15) is 8.42 Å². The van der Waals surface area contributed by atoms with E-state index in [1.165, 1.54) is 4.31 Å². The number of halogens is 1. The van der Waals surface area contributed by atoms with E-state index >= 15 is 0 Å². The number of sulfonamides is 1. The van der Waals surface area contributed by atoms with Gasteiger partial charge in [-0.3, -0.25) is 0 Å². The lowest BCUT2D eigenvalue weighted by Crippen LogP contribution is -2.42. The molecule has 2 rings (SSSR count). The van der Waals surface area contributed by atoms with Crippen molar-refractivity contribution in [3.8, 4) is 0 Å². The second kappa shape index (κ2) is 5.17. The molecule has 0 aliphatic carbocycles. The Bertz CT molecular complexity index is 537. The number of hydrogen-bond acceptors (Lipinski definition) is 3. The summed E-state index contributed by atoms with van der Waals surface area (Å²) < 4.78 is 26.4. The Kier molecular flexibility index (Phi) is 3.96. The maximum absolute atomic E-state index is 12.5. The van der Waals surface area contributed by atoms with Crippen LogP contribution in [0, 0.1) is 6.92 Å². The SMILES string of the molecule is Cc1cc(Cl)ccc1S(=O)(=O)N1CCC(N)CC1. The molecule has 0 atom stereocenters. The molecule has 2 N–H and O–H groups in total. The summed E-state index contributed by atoms with van der Waals surface area (Å²) in [5, 5.41) is 0.548. The van der Waals surface area contributed by atoms with E-state index in [1.54, 1.807) is 25.1 Å². The Labute approximate surface area is 113 Å². The highest BCUT2D eigenvalue weighted by Gasteiger charge is 2.29. The molecule has 0 amide bonds. The summed E-state index contributed by atoms with van der Waals surface area (Å²) in [6.45, 7) is 2.74. The van der Waals surface area contributed by atoms with Crippen LogP contribution < -0.4 is 5.73 Å². The van der Waals surface area contributed by atoms with Crippen LogP contribution in [0.2, 0.25) is 5.02 Å². The molecular weight excluding hydrogens is 272 g/mol. The summed E-state index contributed by atoms with van der Waals surface area (Å²) in [6.07, 6.45) is 1.43. The van der Waals surface area contributed by atoms with E-state index < -0.39 is 10.0 Å². The number of hydrogen-bond donors (Lipinski definition) is 1. The maximum atomic E-state index is 12.5. The maximum Gasteiger partial charge on any atom is 0.243 e. The zero-order chi connectivity index (χ0) is 13.3. The number of nitrogens with two attached hydrogens (primary N) is 1. The fourth-order valence-electron chi connectivity index (χ4n) is 2.16. The van der Waals surface area contributed by atoms with Crippen molar-refractivity contribution in [3.05, 3.63) is 28.8 Å². The number of aryl methyl sites for hydroxylation is 1. The Morgan fingerprint density at radius 2 is 1.94 bits per heavy atom. The molecular formula is C12H17ClN2O2S. The van der Waals surface area contributed by atoms with Gasteiger partial charge in [-0.25, -0.2) is 8.42 Å². The van der Waals surface area contributed by atoms with Gasteiger partial charge < -0.3 is 5.73 Å². The van der Waals surface area contributed by atoms with Crippen LogP contribution in [0.25, 0.3) is 0 Å². The van der Waals surface area contributed by atoms with Crippen LogP contribution in [-0.4, -0.2) is 31.9 Å². The summed E-state index contributed by atoms with van der Waals surface area (Å²) in [5.41, 5.74) is 6.47. The first-order valence-electron chi connectivity index (χ1n) is 5.93. The van der Waals surface area contributed by atoms with E-state index in [2.05, 4.69) is 0 Å². The highest BCUT2D eigenvalue weighted by atomic mass is 35.5. The van der Waals surface area contributed by atoms with Crippen LogP contribution in [0.4, 0.5) is 0 Å². The highest BCUT2D eigenvalue weighted by Crippen LogP contribution is 2.25. The first-order valence-corrected chi connectivity index (χ1v) is 7.75. The topological polar surface area (TPSA) is 63.4 Å². The molecule has 0 spiro atoms. The van der Waals surface area contributed by atoms with E-state index in [0.29, 0.717) is 41.4 Å². The summed E-state index contributed by atoms with van der Waals surface area (Å²) in [6, 6.07) is 4.96. The van der Waals surface area contributed by atoms with E-state index in [4.69, 9.17) is 17.3 Å². The molecule has 18 heavy (non-hydrogen) atoms. The molecule has 100 valence electrons. The molecule has 1 aromatic rings. The number of nitrogens with zero attached hydrogens (tertiary/aromatic N) is 1. The standard InChI is InChI=1S/C12H17ClN2O2S/c1-9-8-10(13)2-3-12(9)18(16,17)15-6-4-11(14)5-7-15/h2-3,8,11H,4-7,14H2,1H3. The minimum atomic E-state index is -3.41. The van der Waals surface area contributed by atoms with Crippen molar-refractivity contribution in [1.82, 2.24) is 4.31 Å². The van der Waals surface area contributed by atoms with E-state index in [1.807, 2.05) is 0 Å². The molecule has 0 unspecified atom stereocenters. The van der Waals surface area contributed by atoms with Gasteiger partial charge in [-0.2, -0.15) is 4.31 Å². The third-order valence-corrected chi connectivity index (χ3v) is 5.55. The summed E-state index contributed by atoms with van der Waals surface area (Å²) in [7, 11) is -3.41. The van der Waals surface area contributed by atoms with Crippen LogP contribution >= 0.6 is 11.6 Å². The molecule has 4 nitrogen and oxygen atoms in total. The number of rotatable bonds is 2. The van der Waals surface area contributed by atoms with Gasteiger partial charge in [-0.15, -0.1) is 0 Å². The van der Waals surface area contributed by atoms with Gasteiger partial charge in [0, 0.05) is 24.2 Å². The number of benzene rings is 1. The first-order chi connectivity index (χ1) is 8.41. The van der Waals surface area contributed by atoms with Gasteiger partial charge in [-0.1, -0.05) is 11.6 Å². The van der Waals surface area contributed by atoms with Crippen molar-refractivity contribution >= 4 is 21.6 Å². The van der Waals surface area contributed by atoms with Crippen LogP contribution in [0.3, 0.4) is 0 Å². The lowest BCUT2D eigenvalue weighted by atomic mass is 10.1. The van der Waals surface area contributed by atoms with Crippen LogP contribution in [0.5, 0.6) is 0 Å². The lowest BCUT2D eigenvalue weighted by molar-refractivity contribution is 0.320. The summed E-state index contributed by atoms with van der Waals surface area (Å²) in [4.78, 5) is 0.336. The zero-order valence-corrected chi connectivity index (χ0v) is 11.8. The molecule has 1 aliphatic rings. The molecule has 6 heteroatoms. The third-order valence-electron chi connectivity index (χ3n) is 3.25. The second-order valence-electron chi connectivity index (χ2n) is 4.65. The Hall–Kier alpha value is -0.620. The zero-order valence-electron chi connectivity index (χ0n) is 10.3. The van der Waals surface area contributed by atoms with Gasteiger partial charge >= 0.3 is 0 Å². The monoisotopic (exact) mass is 288 g/mol. The van der Waals surface area contributed by atoms with Gasteiger partial charge in [0.25, 0.3) is 0 Å². The minimum Gasteiger partial charge on any atom is -0.328 e. The van der Waals surface area contributed by atoms with Crippen LogP contribution in [0.1, 0.15) is 18.4 Å². The first kappa shape index (κ1) is 13.8. The largest absolute Gasteiger partial charge is 0.328 e. The van der Waals surface area contributed by atoms with E-state index in [-0.39, 0.29) is 6.04 Å². The van der Waals surface area contributed by atoms with Crippen molar-refractivity contribution in [2.24, 2.45) is 5.73 Å². The van der Waals surface area contributed by atoms with Crippen molar-refractivity contribution in [1.29, 1.82) is 0 Å². The van der Waals surface area contributed by atoms with Crippen molar-refractivity contribution in [3.63, 3.8) is 0 Å². The minimum absolute atomic E-state index is 0.114. The predicted molar refractivity (Wildman–Crippen MR) is 72.2 cm³/mol. The van der Waals surface area contributed by atoms with Gasteiger partial charge in [0.05, 0.1) is 4.90 Å². The molecule has 1 heterocycles. The second-order valence-corrected chi connectivity index (χ2v) is 6.99. The molecule has 0 bridgehead atoms. The third kappa shape index (κ3) is 2.69. The molecule has 0 aromatic heterocycles. The van der Waals surface area contributed by atoms with Crippen molar-refractivity contribution in [2.45, 2.75) is 30.7 Å². The Morgan fingerprint density at radius 1 is 1.33 bits per heavy atom. The van der Waals surface area contributed by atoms with Crippen LogP contribution in [-0.2, 0) is 10.0 Å². The molecule has 1 aromatic carbocycles. The summed E-state index contributed by atoms with van der Waals surface area (Å²) >= 11 is 5.85. The lowest BCUT2D eigenvalue weighted by Gasteiger charge is -2.29. The Balaban J connectivity index is 2.30. The van der Waals surface area contributed by atoms with Gasteiger partial charge in [0.2, 0.25) is 10.0 Å². The van der Waals surface area contributed by atoms with Gasteiger partial charge in [0.1, 0.15) is 0 Å². The quantitative estimate of drug-likeness (QED) is 0.902. The molecule has 1 fully saturated rings. The van der Waals surface area contributed by atoms with E-state index in [0.717, 1.165) is 0 Å². The molecule has 0 radical (unpaired) electrons. The fourth-order valence-corrected chi connectivity index (χ4v) is 4.06. The summed E-state index contributed by atoms with van der Waals surface area (Å²) in [5.74, 6) is 0. The van der Waals surface area contributed by atoms with Gasteiger partial charge in [-0.05, 0) is 43.5 Å². The number of piperidine rings is 1. The van der Waals surface area contributed by atoms with Gasteiger partial charge in [0.15, 0.2) is 0 Å². The van der Waals surface area contributed by atoms with Crippen molar-refractivity contribution in [2.75, 3.05) is 13.1 Å². The predicted octanol–water partition coefficient (Wildman–Crippen LogP) is 1.76. The van der Waals surface area contributed by atoms with Crippen LogP contribution in [0.15, 0.2) is 23.1 Å². The normalized spacial score (nSPS) is 19.1. The molecule has 1 saturated heterocycles. The smallest absolute Gasteiger partial charge is 0.243 e.